The molecule has 0 aromatic rings. The van der Waals surface area contributed by atoms with E-state index in [-0.39, 0.29) is 17.9 Å². The van der Waals surface area contributed by atoms with Crippen LogP contribution in [0.2, 0.25) is 0 Å². The molecular weight excluding hydrogens is 252 g/mol. The molecule has 20 heavy (non-hydrogen) atoms. The monoisotopic (exact) mass is 280 g/mol. The van der Waals surface area contributed by atoms with Crippen LogP contribution in [0, 0.1) is 11.8 Å². The summed E-state index contributed by atoms with van der Waals surface area (Å²) >= 11 is 0. The summed E-state index contributed by atoms with van der Waals surface area (Å²) < 4.78 is 0. The number of nitrogens with zero attached hydrogens (tertiary/aromatic N) is 1. The Kier molecular flexibility index (Phi) is 4.40. The SMILES string of the molecule is CCC(C)CN1C(=O)C(C2CC2)NC(=O)C1(CC)CC. The first kappa shape index (κ1) is 15.3. The van der Waals surface area contributed by atoms with Gasteiger partial charge < -0.3 is 10.2 Å². The van der Waals surface area contributed by atoms with E-state index in [1.165, 1.54) is 0 Å². The summed E-state index contributed by atoms with van der Waals surface area (Å²) in [6.45, 7) is 9.02. The highest BCUT2D eigenvalue weighted by Crippen LogP contribution is 2.38. The van der Waals surface area contributed by atoms with Crippen LogP contribution >= 0.6 is 0 Å². The zero-order valence-corrected chi connectivity index (χ0v) is 13.2. The lowest BCUT2D eigenvalue weighted by Crippen LogP contribution is -2.71. The van der Waals surface area contributed by atoms with Gasteiger partial charge in [-0.05, 0) is 37.5 Å². The zero-order chi connectivity index (χ0) is 14.9. The third-order valence-corrected chi connectivity index (χ3v) is 5.21. The predicted molar refractivity (Wildman–Crippen MR) is 79.1 cm³/mol. The lowest BCUT2D eigenvalue weighted by Gasteiger charge is -2.48. The topological polar surface area (TPSA) is 49.4 Å². The molecule has 0 radical (unpaired) electrons. The summed E-state index contributed by atoms with van der Waals surface area (Å²) in [6, 6.07) is -0.266. The molecule has 1 saturated heterocycles. The molecule has 1 aliphatic heterocycles. The quantitative estimate of drug-likeness (QED) is 0.812. The van der Waals surface area contributed by atoms with E-state index in [0.717, 1.165) is 19.3 Å². The van der Waals surface area contributed by atoms with Gasteiger partial charge in [0, 0.05) is 6.54 Å². The normalized spacial score (nSPS) is 27.4. The van der Waals surface area contributed by atoms with Crippen LogP contribution < -0.4 is 5.32 Å². The van der Waals surface area contributed by atoms with Gasteiger partial charge in [0.15, 0.2) is 0 Å². The Morgan fingerprint density at radius 1 is 1.25 bits per heavy atom. The van der Waals surface area contributed by atoms with Crippen molar-refractivity contribution in [1.82, 2.24) is 10.2 Å². The van der Waals surface area contributed by atoms with Crippen molar-refractivity contribution in [3.8, 4) is 0 Å². The van der Waals surface area contributed by atoms with E-state index in [1.807, 2.05) is 18.7 Å². The summed E-state index contributed by atoms with van der Waals surface area (Å²) in [5.41, 5.74) is -0.633. The summed E-state index contributed by atoms with van der Waals surface area (Å²) in [4.78, 5) is 27.4. The molecule has 114 valence electrons. The average Bonchev–Trinajstić information content (AvgIpc) is 3.27. The van der Waals surface area contributed by atoms with Gasteiger partial charge >= 0.3 is 0 Å². The predicted octanol–water partition coefficient (Wildman–Crippen LogP) is 2.33. The molecular formula is C16H28N2O2. The molecule has 4 heteroatoms. The first-order valence-corrected chi connectivity index (χ1v) is 8.12. The number of amides is 2. The highest BCUT2D eigenvalue weighted by Gasteiger charge is 2.53. The van der Waals surface area contributed by atoms with E-state index < -0.39 is 5.54 Å². The lowest BCUT2D eigenvalue weighted by molar-refractivity contribution is -0.159. The van der Waals surface area contributed by atoms with Gasteiger partial charge in [0.1, 0.15) is 11.6 Å². The van der Waals surface area contributed by atoms with Crippen LogP contribution in [0.15, 0.2) is 0 Å². The minimum Gasteiger partial charge on any atom is -0.342 e. The van der Waals surface area contributed by atoms with Gasteiger partial charge in [-0.3, -0.25) is 9.59 Å². The third-order valence-electron chi connectivity index (χ3n) is 5.21. The standard InChI is InChI=1S/C16H28N2O2/c1-5-11(4)10-18-14(19)13(12-8-9-12)17-15(20)16(18,6-2)7-3/h11-13H,5-10H2,1-4H3,(H,17,20). The van der Waals surface area contributed by atoms with Crippen LogP contribution in [-0.4, -0.2) is 34.8 Å². The van der Waals surface area contributed by atoms with Crippen molar-refractivity contribution in [1.29, 1.82) is 0 Å². The Bertz CT molecular complexity index is 386. The molecule has 1 aliphatic carbocycles. The molecule has 2 atom stereocenters. The van der Waals surface area contributed by atoms with Crippen molar-refractivity contribution >= 4 is 11.8 Å². The number of carbonyl (C=O) groups is 2. The fourth-order valence-corrected chi connectivity index (χ4v) is 3.25. The number of hydrogen-bond acceptors (Lipinski definition) is 2. The summed E-state index contributed by atoms with van der Waals surface area (Å²) in [7, 11) is 0. The Morgan fingerprint density at radius 3 is 2.30 bits per heavy atom. The minimum atomic E-state index is -0.633. The number of nitrogens with one attached hydrogen (secondary N) is 1. The van der Waals surface area contributed by atoms with Crippen LogP contribution in [0.5, 0.6) is 0 Å². The molecule has 1 heterocycles. The zero-order valence-electron chi connectivity index (χ0n) is 13.2. The van der Waals surface area contributed by atoms with Crippen LogP contribution in [0.1, 0.15) is 59.8 Å². The molecule has 1 saturated carbocycles. The van der Waals surface area contributed by atoms with Crippen molar-refractivity contribution in [2.45, 2.75) is 71.4 Å². The fraction of sp³-hybridized carbons (Fsp3) is 0.875. The van der Waals surface area contributed by atoms with E-state index in [9.17, 15) is 9.59 Å². The van der Waals surface area contributed by atoms with Gasteiger partial charge in [0.25, 0.3) is 0 Å². The van der Waals surface area contributed by atoms with Gasteiger partial charge in [-0.15, -0.1) is 0 Å². The summed E-state index contributed by atoms with van der Waals surface area (Å²) in [5.74, 6) is 1.01. The molecule has 2 unspecified atom stereocenters. The minimum absolute atomic E-state index is 0.0577. The molecule has 2 rings (SSSR count). The molecule has 4 nitrogen and oxygen atoms in total. The van der Waals surface area contributed by atoms with Crippen LogP contribution in [-0.2, 0) is 9.59 Å². The first-order valence-electron chi connectivity index (χ1n) is 8.12. The Morgan fingerprint density at radius 2 is 1.85 bits per heavy atom. The molecule has 0 aromatic heterocycles. The van der Waals surface area contributed by atoms with E-state index in [2.05, 4.69) is 19.2 Å². The van der Waals surface area contributed by atoms with Gasteiger partial charge in [0.05, 0.1) is 0 Å². The van der Waals surface area contributed by atoms with Crippen LogP contribution in [0.25, 0.3) is 0 Å². The molecule has 2 aliphatic rings. The maximum Gasteiger partial charge on any atom is 0.246 e. The summed E-state index contributed by atoms with van der Waals surface area (Å²) in [5, 5.41) is 3.01. The molecule has 1 N–H and O–H groups in total. The van der Waals surface area contributed by atoms with E-state index >= 15 is 0 Å². The Labute approximate surface area is 122 Å². The van der Waals surface area contributed by atoms with Crippen molar-refractivity contribution in [3.05, 3.63) is 0 Å². The highest BCUT2D eigenvalue weighted by molar-refractivity contribution is 6.00. The molecule has 2 fully saturated rings. The van der Waals surface area contributed by atoms with E-state index in [0.29, 0.717) is 31.2 Å². The van der Waals surface area contributed by atoms with Crippen molar-refractivity contribution in [3.63, 3.8) is 0 Å². The molecule has 0 aromatic carbocycles. The summed E-state index contributed by atoms with van der Waals surface area (Å²) in [6.07, 6.45) is 4.55. The van der Waals surface area contributed by atoms with Crippen molar-refractivity contribution < 1.29 is 9.59 Å². The third kappa shape index (κ3) is 2.45. The van der Waals surface area contributed by atoms with E-state index in [1.54, 1.807) is 0 Å². The fourth-order valence-electron chi connectivity index (χ4n) is 3.25. The van der Waals surface area contributed by atoms with Gasteiger partial charge in [0.2, 0.25) is 11.8 Å². The van der Waals surface area contributed by atoms with E-state index in [4.69, 9.17) is 0 Å². The Hall–Kier alpha value is -1.06. The number of rotatable bonds is 6. The molecule has 0 bridgehead atoms. The number of piperazine rings is 1. The maximum atomic E-state index is 12.8. The lowest BCUT2D eigenvalue weighted by atomic mass is 9.84. The highest BCUT2D eigenvalue weighted by atomic mass is 16.2. The Balaban J connectivity index is 2.29. The van der Waals surface area contributed by atoms with Crippen LogP contribution in [0.3, 0.4) is 0 Å². The average molecular weight is 280 g/mol. The second-order valence-corrected chi connectivity index (χ2v) is 6.49. The van der Waals surface area contributed by atoms with Crippen molar-refractivity contribution in [2.24, 2.45) is 11.8 Å². The van der Waals surface area contributed by atoms with Gasteiger partial charge in [-0.2, -0.15) is 0 Å². The van der Waals surface area contributed by atoms with Crippen molar-refractivity contribution in [2.75, 3.05) is 6.54 Å². The van der Waals surface area contributed by atoms with Gasteiger partial charge in [-0.25, -0.2) is 0 Å². The largest absolute Gasteiger partial charge is 0.342 e. The second kappa shape index (κ2) is 5.74. The second-order valence-electron chi connectivity index (χ2n) is 6.49. The number of hydrogen-bond donors (Lipinski definition) is 1. The maximum absolute atomic E-state index is 12.8. The van der Waals surface area contributed by atoms with Crippen LogP contribution in [0.4, 0.5) is 0 Å². The van der Waals surface area contributed by atoms with Gasteiger partial charge in [-0.1, -0.05) is 34.1 Å². The molecule has 0 spiro atoms. The first-order chi connectivity index (χ1) is 9.50. The molecule has 2 amide bonds. The number of carbonyl (C=O) groups excluding carboxylic acids is 2. The smallest absolute Gasteiger partial charge is 0.246 e.